The summed E-state index contributed by atoms with van der Waals surface area (Å²) in [5.74, 6) is -0.771. The summed E-state index contributed by atoms with van der Waals surface area (Å²) in [6.45, 7) is 0. The normalized spacial score (nSPS) is 10.9. The van der Waals surface area contributed by atoms with Gasteiger partial charge in [0.15, 0.2) is 0 Å². The Morgan fingerprint density at radius 3 is 2.32 bits per heavy atom. The van der Waals surface area contributed by atoms with E-state index in [9.17, 15) is 30.1 Å². The molecule has 0 unspecified atom stereocenters. The van der Waals surface area contributed by atoms with Crippen LogP contribution in [0, 0.1) is 20.2 Å². The van der Waals surface area contributed by atoms with E-state index in [2.05, 4.69) is 10.5 Å². The zero-order valence-corrected chi connectivity index (χ0v) is 14.1. The summed E-state index contributed by atoms with van der Waals surface area (Å²) < 4.78 is 0. The second-order valence-corrected chi connectivity index (χ2v) is 5.70. The molecule has 3 aromatic carbocycles. The van der Waals surface area contributed by atoms with Gasteiger partial charge >= 0.3 is 0 Å². The number of benzene rings is 3. The van der Waals surface area contributed by atoms with E-state index in [4.69, 9.17) is 0 Å². The first-order chi connectivity index (χ1) is 13.3. The van der Waals surface area contributed by atoms with Crippen molar-refractivity contribution >= 4 is 34.3 Å². The van der Waals surface area contributed by atoms with E-state index in [-0.39, 0.29) is 11.3 Å². The molecule has 0 saturated carbocycles. The molecule has 28 heavy (non-hydrogen) atoms. The van der Waals surface area contributed by atoms with Crippen LogP contribution < -0.4 is 5.43 Å². The molecule has 3 rings (SSSR count). The highest BCUT2D eigenvalue weighted by Gasteiger charge is 2.19. The third-order valence-corrected chi connectivity index (χ3v) is 3.86. The van der Waals surface area contributed by atoms with Gasteiger partial charge < -0.3 is 5.11 Å². The number of fused-ring (bicyclic) bond motifs is 1. The topological polar surface area (TPSA) is 148 Å². The van der Waals surface area contributed by atoms with Crippen molar-refractivity contribution in [2.75, 3.05) is 0 Å². The minimum Gasteiger partial charge on any atom is -0.508 e. The van der Waals surface area contributed by atoms with Crippen LogP contribution in [0.25, 0.3) is 10.8 Å². The molecule has 3 aromatic rings. The number of carbonyl (C=O) groups is 1. The Hall–Kier alpha value is -4.34. The number of nitro groups is 2. The molecular weight excluding hydrogens is 368 g/mol. The van der Waals surface area contributed by atoms with Crippen molar-refractivity contribution in [2.24, 2.45) is 5.10 Å². The van der Waals surface area contributed by atoms with Gasteiger partial charge in [0, 0.05) is 17.7 Å². The van der Waals surface area contributed by atoms with E-state index in [1.807, 2.05) is 6.07 Å². The third kappa shape index (κ3) is 3.90. The van der Waals surface area contributed by atoms with E-state index in [1.54, 1.807) is 30.3 Å². The Bertz CT molecular complexity index is 1110. The summed E-state index contributed by atoms with van der Waals surface area (Å²) in [6, 6.07) is 12.8. The maximum absolute atomic E-state index is 12.2. The molecule has 0 heterocycles. The van der Waals surface area contributed by atoms with Crippen molar-refractivity contribution in [2.45, 2.75) is 0 Å². The fourth-order valence-corrected chi connectivity index (χ4v) is 2.56. The lowest BCUT2D eigenvalue weighted by molar-refractivity contribution is -0.394. The SMILES string of the molecule is O=C(NN=Cc1cccc2ccc(O)cc12)c1cc([N+](=O)[O-])cc([N+](=O)[O-])c1. The first-order valence-corrected chi connectivity index (χ1v) is 7.84. The van der Waals surface area contributed by atoms with E-state index >= 15 is 0 Å². The lowest BCUT2D eigenvalue weighted by Gasteiger charge is -2.03. The molecule has 0 saturated heterocycles. The van der Waals surface area contributed by atoms with Crippen molar-refractivity contribution < 1.29 is 19.7 Å². The standard InChI is InChI=1S/C18H12N4O6/c23-16-5-4-11-2-1-3-12(17(11)9-16)10-19-20-18(24)13-6-14(21(25)26)8-15(7-13)22(27)28/h1-10,23H,(H,20,24). The predicted octanol–water partition coefficient (Wildman–Crippen LogP) is 3.13. The fourth-order valence-electron chi connectivity index (χ4n) is 2.56. The van der Waals surface area contributed by atoms with Crippen molar-refractivity contribution in [3.8, 4) is 5.75 Å². The number of carbonyl (C=O) groups excluding carboxylic acids is 1. The monoisotopic (exact) mass is 380 g/mol. The van der Waals surface area contributed by atoms with Crippen LogP contribution in [0.1, 0.15) is 15.9 Å². The molecule has 2 N–H and O–H groups in total. The van der Waals surface area contributed by atoms with Gasteiger partial charge in [-0.3, -0.25) is 25.0 Å². The Morgan fingerprint density at radius 2 is 1.68 bits per heavy atom. The number of hydrogen-bond acceptors (Lipinski definition) is 7. The van der Waals surface area contributed by atoms with Crippen LogP contribution in [0.5, 0.6) is 5.75 Å². The largest absolute Gasteiger partial charge is 0.508 e. The van der Waals surface area contributed by atoms with Gasteiger partial charge in [0.2, 0.25) is 0 Å². The maximum Gasteiger partial charge on any atom is 0.277 e. The molecule has 0 spiro atoms. The van der Waals surface area contributed by atoms with E-state index in [0.29, 0.717) is 10.9 Å². The molecule has 1 amide bonds. The van der Waals surface area contributed by atoms with Crippen molar-refractivity contribution in [1.82, 2.24) is 5.43 Å². The van der Waals surface area contributed by atoms with Gasteiger partial charge in [0.1, 0.15) is 5.75 Å². The molecule has 10 heteroatoms. The maximum atomic E-state index is 12.2. The smallest absolute Gasteiger partial charge is 0.277 e. The minimum atomic E-state index is -0.842. The third-order valence-electron chi connectivity index (χ3n) is 3.86. The summed E-state index contributed by atoms with van der Waals surface area (Å²) in [5.41, 5.74) is 1.37. The molecule has 10 nitrogen and oxygen atoms in total. The van der Waals surface area contributed by atoms with Gasteiger partial charge in [-0.25, -0.2) is 5.43 Å². The van der Waals surface area contributed by atoms with Gasteiger partial charge in [-0.15, -0.1) is 0 Å². The number of non-ortho nitro benzene ring substituents is 2. The molecule has 0 aromatic heterocycles. The highest BCUT2D eigenvalue weighted by molar-refractivity contribution is 6.01. The van der Waals surface area contributed by atoms with Crippen LogP contribution in [0.2, 0.25) is 0 Å². The number of nitro benzene ring substituents is 2. The van der Waals surface area contributed by atoms with Gasteiger partial charge in [-0.05, 0) is 22.9 Å². The van der Waals surface area contributed by atoms with E-state index in [0.717, 1.165) is 23.6 Å². The zero-order valence-electron chi connectivity index (χ0n) is 14.1. The lowest BCUT2D eigenvalue weighted by Crippen LogP contribution is -2.18. The number of amides is 1. The van der Waals surface area contributed by atoms with Crippen molar-refractivity contribution in [3.05, 3.63) is 86.0 Å². The Morgan fingerprint density at radius 1 is 1.00 bits per heavy atom. The minimum absolute atomic E-state index is 0.0706. The van der Waals surface area contributed by atoms with Crippen molar-refractivity contribution in [3.63, 3.8) is 0 Å². The Labute approximate surface area is 157 Å². The second-order valence-electron chi connectivity index (χ2n) is 5.70. The molecule has 0 radical (unpaired) electrons. The van der Waals surface area contributed by atoms with Gasteiger partial charge in [0.05, 0.1) is 27.7 Å². The molecule has 0 fully saturated rings. The molecule has 0 atom stereocenters. The van der Waals surface area contributed by atoms with Gasteiger partial charge in [-0.1, -0.05) is 24.3 Å². The molecular formula is C18H12N4O6. The number of phenols is 1. The summed E-state index contributed by atoms with van der Waals surface area (Å²) in [7, 11) is 0. The molecule has 0 bridgehead atoms. The van der Waals surface area contributed by atoms with Crippen LogP contribution >= 0.6 is 0 Å². The van der Waals surface area contributed by atoms with Crippen LogP contribution in [0.15, 0.2) is 59.7 Å². The number of aromatic hydroxyl groups is 1. The van der Waals surface area contributed by atoms with Crippen molar-refractivity contribution in [1.29, 1.82) is 0 Å². The van der Waals surface area contributed by atoms with Crippen LogP contribution in [-0.2, 0) is 0 Å². The molecule has 140 valence electrons. The summed E-state index contributed by atoms with van der Waals surface area (Å²) >= 11 is 0. The lowest BCUT2D eigenvalue weighted by atomic mass is 10.1. The Kier molecular flexibility index (Phi) is 4.94. The highest BCUT2D eigenvalue weighted by atomic mass is 16.6. The van der Waals surface area contributed by atoms with E-state index in [1.165, 1.54) is 6.21 Å². The number of nitrogens with one attached hydrogen (secondary N) is 1. The van der Waals surface area contributed by atoms with Gasteiger partial charge in [-0.2, -0.15) is 5.10 Å². The first-order valence-electron chi connectivity index (χ1n) is 7.84. The van der Waals surface area contributed by atoms with Crippen LogP contribution in [0.3, 0.4) is 0 Å². The fraction of sp³-hybridized carbons (Fsp3) is 0. The average Bonchev–Trinajstić information content (AvgIpc) is 2.67. The number of phenolic OH excluding ortho intramolecular Hbond substituents is 1. The molecule has 0 aliphatic carbocycles. The molecule has 0 aliphatic rings. The average molecular weight is 380 g/mol. The highest BCUT2D eigenvalue weighted by Crippen LogP contribution is 2.23. The number of hydrogen-bond donors (Lipinski definition) is 2. The van der Waals surface area contributed by atoms with Crippen LogP contribution in [-0.4, -0.2) is 27.1 Å². The summed E-state index contributed by atoms with van der Waals surface area (Å²) in [6.07, 6.45) is 1.34. The number of rotatable bonds is 5. The first kappa shape index (κ1) is 18.5. The van der Waals surface area contributed by atoms with Gasteiger partial charge in [0.25, 0.3) is 17.3 Å². The predicted molar refractivity (Wildman–Crippen MR) is 100 cm³/mol. The molecule has 0 aliphatic heterocycles. The second kappa shape index (κ2) is 7.50. The Balaban J connectivity index is 1.86. The number of hydrazone groups is 1. The van der Waals surface area contributed by atoms with Crippen LogP contribution in [0.4, 0.5) is 11.4 Å². The zero-order chi connectivity index (χ0) is 20.3. The summed E-state index contributed by atoms with van der Waals surface area (Å²) in [5, 5.41) is 36.8. The quantitative estimate of drug-likeness (QED) is 0.395. The number of nitrogens with zero attached hydrogens (tertiary/aromatic N) is 3. The van der Waals surface area contributed by atoms with E-state index < -0.39 is 27.1 Å². The summed E-state index contributed by atoms with van der Waals surface area (Å²) in [4.78, 5) is 32.4.